The Balaban J connectivity index is 3.66. The van der Waals surface area contributed by atoms with Gasteiger partial charge in [-0.1, -0.05) is 27.2 Å². The van der Waals surface area contributed by atoms with Crippen LogP contribution in [0.4, 0.5) is 0 Å². The van der Waals surface area contributed by atoms with Gasteiger partial charge in [0.2, 0.25) is 0 Å². The van der Waals surface area contributed by atoms with Crippen molar-refractivity contribution >= 4 is 11.8 Å². The quantitative estimate of drug-likeness (QED) is 0.172. The zero-order chi connectivity index (χ0) is 20.9. The largest absolute Gasteiger partial charge is 0.379 e. The van der Waals surface area contributed by atoms with Gasteiger partial charge in [-0.2, -0.15) is 5.26 Å². The van der Waals surface area contributed by atoms with E-state index in [1.165, 1.54) is 0 Å². The molecule has 0 radical (unpaired) electrons. The molecular formula is C20H40N2O5S. The van der Waals surface area contributed by atoms with Crippen LogP contribution in [0.3, 0.4) is 0 Å². The van der Waals surface area contributed by atoms with Crippen LogP contribution in [-0.2, 0) is 23.7 Å². The summed E-state index contributed by atoms with van der Waals surface area (Å²) in [5.41, 5.74) is 0. The Kier molecular flexibility index (Phi) is 19.6. The van der Waals surface area contributed by atoms with Gasteiger partial charge in [0, 0.05) is 25.6 Å². The zero-order valence-electron chi connectivity index (χ0n) is 18.2. The van der Waals surface area contributed by atoms with Gasteiger partial charge in [0.25, 0.3) is 0 Å². The lowest BCUT2D eigenvalue weighted by molar-refractivity contribution is -0.0335. The van der Waals surface area contributed by atoms with Crippen molar-refractivity contribution in [2.24, 2.45) is 0 Å². The Hall–Kier alpha value is -0.400. The van der Waals surface area contributed by atoms with Crippen molar-refractivity contribution < 1.29 is 23.7 Å². The molecule has 0 fully saturated rings. The molecule has 0 amide bonds. The van der Waals surface area contributed by atoms with Crippen molar-refractivity contribution in [2.45, 2.75) is 57.9 Å². The molecule has 1 unspecified atom stereocenters. The average molecular weight is 421 g/mol. The van der Waals surface area contributed by atoms with Gasteiger partial charge in [-0.25, -0.2) is 0 Å². The van der Waals surface area contributed by atoms with Crippen LogP contribution in [0.15, 0.2) is 0 Å². The minimum atomic E-state index is -0.599. The summed E-state index contributed by atoms with van der Waals surface area (Å²) in [6.07, 6.45) is 2.84. The Morgan fingerprint density at radius 1 is 0.893 bits per heavy atom. The first-order valence-corrected chi connectivity index (χ1v) is 11.1. The van der Waals surface area contributed by atoms with Crippen molar-refractivity contribution in [3.63, 3.8) is 0 Å². The lowest BCUT2D eigenvalue weighted by Crippen LogP contribution is -2.28. The number of ether oxygens (including phenoxy) is 5. The van der Waals surface area contributed by atoms with Gasteiger partial charge in [0.15, 0.2) is 0 Å². The molecule has 0 aliphatic carbocycles. The van der Waals surface area contributed by atoms with E-state index in [-0.39, 0.29) is 0 Å². The smallest absolute Gasteiger partial charge is 0.136 e. The second-order valence-electron chi connectivity index (χ2n) is 6.84. The van der Waals surface area contributed by atoms with Crippen molar-refractivity contribution in [1.82, 2.24) is 5.32 Å². The summed E-state index contributed by atoms with van der Waals surface area (Å²) >= 11 is 1.12. The van der Waals surface area contributed by atoms with Crippen LogP contribution in [-0.4, -0.2) is 77.0 Å². The number of nitriles is 1. The molecule has 1 atom stereocenters. The molecule has 28 heavy (non-hydrogen) atoms. The minimum Gasteiger partial charge on any atom is -0.379 e. The molecule has 1 N–H and O–H groups in total. The third kappa shape index (κ3) is 18.9. The van der Waals surface area contributed by atoms with Crippen LogP contribution < -0.4 is 5.32 Å². The van der Waals surface area contributed by atoms with Crippen LogP contribution in [0.5, 0.6) is 0 Å². The summed E-state index contributed by atoms with van der Waals surface area (Å²) < 4.78 is 27.9. The molecule has 0 aliphatic heterocycles. The van der Waals surface area contributed by atoms with Gasteiger partial charge in [0.1, 0.15) is 10.3 Å². The lowest BCUT2D eigenvalue weighted by atomic mass is 10.3. The summed E-state index contributed by atoms with van der Waals surface area (Å²) in [4.78, 5) is -0.599. The molecular weight excluding hydrogens is 380 g/mol. The van der Waals surface area contributed by atoms with Gasteiger partial charge in [-0.15, -0.1) is 0 Å². The highest BCUT2D eigenvalue weighted by Crippen LogP contribution is 2.29. The van der Waals surface area contributed by atoms with Gasteiger partial charge in [-0.05, 0) is 25.1 Å². The standard InChI is InChI=1S/C20H40N2O5S/c1-5-6-9-23-12-15-26-16-17-27-20(4,28-18-21)7-10-24-13-14-25-11-8-22-19(2)3/h19,22H,5-17H2,1-4H3. The molecule has 8 heteroatoms. The predicted molar refractivity (Wildman–Crippen MR) is 114 cm³/mol. The van der Waals surface area contributed by atoms with E-state index in [0.29, 0.717) is 65.3 Å². The fourth-order valence-electron chi connectivity index (χ4n) is 2.13. The first-order valence-electron chi connectivity index (χ1n) is 10.3. The zero-order valence-corrected chi connectivity index (χ0v) is 19.0. The van der Waals surface area contributed by atoms with Crippen LogP contribution in [0, 0.1) is 10.7 Å². The Morgan fingerprint density at radius 2 is 1.46 bits per heavy atom. The summed E-state index contributed by atoms with van der Waals surface area (Å²) in [5, 5.41) is 14.4. The topological polar surface area (TPSA) is 82.0 Å². The first kappa shape index (κ1) is 27.6. The number of unbranched alkanes of at least 4 members (excludes halogenated alkanes) is 1. The molecule has 0 saturated carbocycles. The van der Waals surface area contributed by atoms with E-state index < -0.39 is 4.93 Å². The second kappa shape index (κ2) is 19.9. The number of thiocyanates is 1. The van der Waals surface area contributed by atoms with Crippen molar-refractivity contribution in [3.8, 4) is 5.40 Å². The van der Waals surface area contributed by atoms with Gasteiger partial charge in [-0.3, -0.25) is 0 Å². The third-order valence-electron chi connectivity index (χ3n) is 3.78. The molecule has 0 aromatic carbocycles. The maximum Gasteiger partial charge on any atom is 0.136 e. The molecule has 0 spiro atoms. The third-order valence-corrected chi connectivity index (χ3v) is 4.63. The van der Waals surface area contributed by atoms with Gasteiger partial charge >= 0.3 is 0 Å². The van der Waals surface area contributed by atoms with Gasteiger partial charge in [0.05, 0.1) is 52.9 Å². The van der Waals surface area contributed by atoms with Crippen molar-refractivity contribution in [3.05, 3.63) is 0 Å². The van der Waals surface area contributed by atoms with E-state index in [9.17, 15) is 0 Å². The number of nitrogens with zero attached hydrogens (tertiary/aromatic N) is 1. The number of rotatable bonds is 21. The van der Waals surface area contributed by atoms with Crippen LogP contribution in [0.1, 0.15) is 47.0 Å². The Labute approximate surface area is 175 Å². The predicted octanol–water partition coefficient (Wildman–Crippen LogP) is 3.19. The minimum absolute atomic E-state index is 0.437. The number of hydrogen-bond acceptors (Lipinski definition) is 8. The highest BCUT2D eigenvalue weighted by atomic mass is 32.2. The fourth-order valence-corrected chi connectivity index (χ4v) is 2.65. The van der Waals surface area contributed by atoms with Crippen LogP contribution in [0.2, 0.25) is 0 Å². The summed E-state index contributed by atoms with van der Waals surface area (Å²) in [6, 6.07) is 0.472. The summed E-state index contributed by atoms with van der Waals surface area (Å²) in [6.45, 7) is 14.3. The summed E-state index contributed by atoms with van der Waals surface area (Å²) in [7, 11) is 0. The van der Waals surface area contributed by atoms with Crippen LogP contribution in [0.25, 0.3) is 0 Å². The molecule has 7 nitrogen and oxygen atoms in total. The normalized spacial score (nSPS) is 13.6. The number of hydrogen-bond donors (Lipinski definition) is 1. The van der Waals surface area contributed by atoms with E-state index in [0.717, 1.165) is 37.8 Å². The molecule has 166 valence electrons. The number of thioether (sulfide) groups is 1. The first-order chi connectivity index (χ1) is 13.5. The maximum absolute atomic E-state index is 9.03. The van der Waals surface area contributed by atoms with E-state index >= 15 is 0 Å². The molecule has 0 aliphatic rings. The van der Waals surface area contributed by atoms with Crippen LogP contribution >= 0.6 is 11.8 Å². The average Bonchev–Trinajstić information content (AvgIpc) is 2.65. The second-order valence-corrected chi connectivity index (χ2v) is 8.09. The van der Waals surface area contributed by atoms with E-state index in [2.05, 4.69) is 31.5 Å². The van der Waals surface area contributed by atoms with Crippen molar-refractivity contribution in [2.75, 3.05) is 66.0 Å². The highest BCUT2D eigenvalue weighted by molar-refractivity contribution is 8.04. The summed E-state index contributed by atoms with van der Waals surface area (Å²) in [5.74, 6) is 0. The maximum atomic E-state index is 9.03. The number of nitrogens with one attached hydrogen (secondary N) is 1. The Bertz CT molecular complexity index is 382. The SMILES string of the molecule is CCCCOCCOCCOC(C)(CCOCCOCCNC(C)C)SC#N. The van der Waals surface area contributed by atoms with E-state index in [4.69, 9.17) is 28.9 Å². The molecule has 0 rings (SSSR count). The highest BCUT2D eigenvalue weighted by Gasteiger charge is 2.26. The monoisotopic (exact) mass is 420 g/mol. The van der Waals surface area contributed by atoms with E-state index in [1.54, 1.807) is 0 Å². The Morgan fingerprint density at radius 3 is 2.07 bits per heavy atom. The fraction of sp³-hybridized carbons (Fsp3) is 0.950. The lowest BCUT2D eigenvalue weighted by Gasteiger charge is -2.26. The molecule has 0 aromatic heterocycles. The van der Waals surface area contributed by atoms with Crippen molar-refractivity contribution in [1.29, 1.82) is 5.26 Å². The molecule has 0 saturated heterocycles. The van der Waals surface area contributed by atoms with Gasteiger partial charge < -0.3 is 29.0 Å². The molecule has 0 aromatic rings. The molecule has 0 heterocycles. The van der Waals surface area contributed by atoms with E-state index in [1.807, 2.05) is 6.92 Å². The molecule has 0 bridgehead atoms.